The molecule has 0 aliphatic heterocycles. The summed E-state index contributed by atoms with van der Waals surface area (Å²) in [5.41, 5.74) is 5.38. The highest BCUT2D eigenvalue weighted by atomic mass is 31.0. The summed E-state index contributed by atoms with van der Waals surface area (Å²) in [5.74, 6) is 0.611. The molecule has 0 saturated heterocycles. The normalized spacial score (nSPS) is 16.6. The SMILES string of the molecule is CC(N)C(=O)OC1CCCCC1.POc1ccccc1. The van der Waals surface area contributed by atoms with Gasteiger partial charge in [-0.1, -0.05) is 24.6 Å². The zero-order chi connectivity index (χ0) is 14.8. The second kappa shape index (κ2) is 9.73. The number of para-hydroxylation sites is 1. The van der Waals surface area contributed by atoms with Gasteiger partial charge in [0.05, 0.1) is 9.47 Å². The van der Waals surface area contributed by atoms with Crippen LogP contribution in [0.1, 0.15) is 39.0 Å². The first-order chi connectivity index (χ1) is 9.63. The van der Waals surface area contributed by atoms with E-state index in [1.54, 1.807) is 6.92 Å². The van der Waals surface area contributed by atoms with Crippen LogP contribution in [0.3, 0.4) is 0 Å². The van der Waals surface area contributed by atoms with Crippen LogP contribution in [0, 0.1) is 0 Å². The lowest BCUT2D eigenvalue weighted by molar-refractivity contribution is -0.151. The number of rotatable bonds is 3. The van der Waals surface area contributed by atoms with Crippen molar-refractivity contribution in [1.29, 1.82) is 0 Å². The van der Waals surface area contributed by atoms with Crippen molar-refractivity contribution in [2.45, 2.75) is 51.2 Å². The third-order valence-corrected chi connectivity index (χ3v) is 3.36. The van der Waals surface area contributed by atoms with Gasteiger partial charge in [-0.25, -0.2) is 0 Å². The van der Waals surface area contributed by atoms with Crippen LogP contribution in [0.4, 0.5) is 0 Å². The Labute approximate surface area is 123 Å². The summed E-state index contributed by atoms with van der Waals surface area (Å²) in [6.45, 7) is 1.66. The molecule has 20 heavy (non-hydrogen) atoms. The van der Waals surface area contributed by atoms with E-state index in [1.165, 1.54) is 19.3 Å². The average Bonchev–Trinajstić information content (AvgIpc) is 2.49. The van der Waals surface area contributed by atoms with E-state index in [1.807, 2.05) is 30.3 Å². The molecule has 1 aromatic rings. The molecule has 1 aromatic carbocycles. The minimum Gasteiger partial charge on any atom is -0.480 e. The molecule has 4 nitrogen and oxygen atoms in total. The Morgan fingerprint density at radius 3 is 2.30 bits per heavy atom. The van der Waals surface area contributed by atoms with E-state index < -0.39 is 6.04 Å². The first-order valence-electron chi connectivity index (χ1n) is 7.01. The van der Waals surface area contributed by atoms with Crippen LogP contribution in [0.2, 0.25) is 0 Å². The van der Waals surface area contributed by atoms with Gasteiger partial charge in [0.1, 0.15) is 17.9 Å². The molecule has 2 N–H and O–H groups in total. The molecule has 0 amide bonds. The summed E-state index contributed by atoms with van der Waals surface area (Å²) in [6, 6.07) is 9.12. The quantitative estimate of drug-likeness (QED) is 0.688. The van der Waals surface area contributed by atoms with Gasteiger partial charge in [0.25, 0.3) is 0 Å². The molecule has 5 heteroatoms. The van der Waals surface area contributed by atoms with Crippen molar-refractivity contribution < 1.29 is 14.1 Å². The maximum absolute atomic E-state index is 11.1. The van der Waals surface area contributed by atoms with Crippen LogP contribution in [0.15, 0.2) is 30.3 Å². The number of nitrogens with two attached hydrogens (primary N) is 1. The molecule has 1 fully saturated rings. The van der Waals surface area contributed by atoms with Crippen LogP contribution in [-0.4, -0.2) is 18.1 Å². The number of carbonyl (C=O) groups excluding carboxylic acids is 1. The molecule has 0 aromatic heterocycles. The number of ether oxygens (including phenoxy) is 1. The Balaban J connectivity index is 0.000000217. The highest BCUT2D eigenvalue weighted by Gasteiger charge is 2.19. The molecule has 0 bridgehead atoms. The molecule has 1 aliphatic carbocycles. The third kappa shape index (κ3) is 6.88. The molecule has 0 spiro atoms. The Hall–Kier alpha value is -1.12. The number of benzene rings is 1. The van der Waals surface area contributed by atoms with Gasteiger partial charge >= 0.3 is 5.97 Å². The smallest absolute Gasteiger partial charge is 0.322 e. The molecule has 0 radical (unpaired) electrons. The lowest BCUT2D eigenvalue weighted by Gasteiger charge is -2.22. The predicted octanol–water partition coefficient (Wildman–Crippen LogP) is 3.07. The molecule has 1 saturated carbocycles. The van der Waals surface area contributed by atoms with E-state index in [0.29, 0.717) is 0 Å². The van der Waals surface area contributed by atoms with Gasteiger partial charge in [-0.2, -0.15) is 0 Å². The van der Waals surface area contributed by atoms with E-state index in [4.69, 9.17) is 15.0 Å². The zero-order valence-electron chi connectivity index (χ0n) is 12.0. The van der Waals surface area contributed by atoms with Crippen molar-refractivity contribution in [2.24, 2.45) is 5.73 Å². The summed E-state index contributed by atoms with van der Waals surface area (Å²) < 4.78 is 10.0. The van der Waals surface area contributed by atoms with Crippen molar-refractivity contribution in [3.8, 4) is 5.75 Å². The monoisotopic (exact) mass is 297 g/mol. The predicted molar refractivity (Wildman–Crippen MR) is 83.4 cm³/mol. The zero-order valence-corrected chi connectivity index (χ0v) is 13.1. The fraction of sp³-hybridized carbons (Fsp3) is 0.533. The number of esters is 1. The van der Waals surface area contributed by atoms with E-state index in [2.05, 4.69) is 9.47 Å². The summed E-state index contributed by atoms with van der Waals surface area (Å²) in [4.78, 5) is 11.1. The van der Waals surface area contributed by atoms with Crippen LogP contribution in [0.5, 0.6) is 5.75 Å². The minimum absolute atomic E-state index is 0.136. The Morgan fingerprint density at radius 2 is 1.85 bits per heavy atom. The number of hydrogen-bond donors (Lipinski definition) is 1. The number of hydrogen-bond acceptors (Lipinski definition) is 4. The highest BCUT2D eigenvalue weighted by Crippen LogP contribution is 2.20. The van der Waals surface area contributed by atoms with Gasteiger partial charge in [-0.3, -0.25) is 4.79 Å². The van der Waals surface area contributed by atoms with Crippen LogP contribution in [-0.2, 0) is 9.53 Å². The summed E-state index contributed by atoms with van der Waals surface area (Å²) in [7, 11) is 2.19. The van der Waals surface area contributed by atoms with E-state index in [0.717, 1.165) is 18.6 Å². The molecule has 1 aliphatic rings. The fourth-order valence-electron chi connectivity index (χ4n) is 1.95. The fourth-order valence-corrected chi connectivity index (χ4v) is 2.11. The minimum atomic E-state index is -0.480. The van der Waals surface area contributed by atoms with Gasteiger partial charge in [-0.05, 0) is 44.7 Å². The largest absolute Gasteiger partial charge is 0.480 e. The molecule has 2 unspecified atom stereocenters. The van der Waals surface area contributed by atoms with Gasteiger partial charge in [0.2, 0.25) is 0 Å². The summed E-state index contributed by atoms with van der Waals surface area (Å²) in [6.07, 6.45) is 5.79. The van der Waals surface area contributed by atoms with Gasteiger partial charge in [0, 0.05) is 0 Å². The first-order valence-corrected chi connectivity index (χ1v) is 7.48. The lowest BCUT2D eigenvalue weighted by atomic mass is 9.98. The first kappa shape index (κ1) is 16.9. The second-order valence-electron chi connectivity index (χ2n) is 4.92. The van der Waals surface area contributed by atoms with Gasteiger partial charge in [-0.15, -0.1) is 0 Å². The third-order valence-electron chi connectivity index (χ3n) is 3.09. The second-order valence-corrected chi connectivity index (χ2v) is 5.15. The Bertz CT molecular complexity index is 378. The summed E-state index contributed by atoms with van der Waals surface area (Å²) in [5, 5.41) is 0. The highest BCUT2D eigenvalue weighted by molar-refractivity contribution is 7.10. The Kier molecular flexibility index (Phi) is 8.24. The molecular formula is C15H24NO3P. The Morgan fingerprint density at radius 1 is 1.25 bits per heavy atom. The number of carbonyl (C=O) groups is 1. The molecule has 2 atom stereocenters. The molecule has 2 rings (SSSR count). The van der Waals surface area contributed by atoms with Gasteiger partial charge < -0.3 is 15.0 Å². The van der Waals surface area contributed by atoms with Crippen LogP contribution < -0.4 is 10.3 Å². The molecule has 0 heterocycles. The van der Waals surface area contributed by atoms with Crippen molar-refractivity contribution in [3.05, 3.63) is 30.3 Å². The maximum Gasteiger partial charge on any atom is 0.322 e. The van der Waals surface area contributed by atoms with E-state index >= 15 is 0 Å². The summed E-state index contributed by atoms with van der Waals surface area (Å²) >= 11 is 0. The van der Waals surface area contributed by atoms with Crippen LogP contribution in [0.25, 0.3) is 0 Å². The van der Waals surface area contributed by atoms with Crippen molar-refractivity contribution in [3.63, 3.8) is 0 Å². The molecule has 112 valence electrons. The van der Waals surface area contributed by atoms with Crippen molar-refractivity contribution in [2.75, 3.05) is 0 Å². The van der Waals surface area contributed by atoms with E-state index in [9.17, 15) is 4.79 Å². The molecular weight excluding hydrogens is 273 g/mol. The van der Waals surface area contributed by atoms with Crippen molar-refractivity contribution >= 4 is 15.4 Å². The van der Waals surface area contributed by atoms with E-state index in [-0.39, 0.29) is 12.1 Å². The maximum atomic E-state index is 11.1. The average molecular weight is 297 g/mol. The lowest BCUT2D eigenvalue weighted by Crippen LogP contribution is -2.32. The standard InChI is InChI=1S/C9H17NO2.C6H7OP/c1-7(10)9(11)12-8-5-3-2-4-6-8;8-7-6-4-2-1-3-5-6/h7-8H,2-6,10H2,1H3;1-5H,8H2. The van der Waals surface area contributed by atoms with Crippen molar-refractivity contribution in [1.82, 2.24) is 0 Å². The topological polar surface area (TPSA) is 61.6 Å². The van der Waals surface area contributed by atoms with Crippen LogP contribution >= 0.6 is 9.47 Å². The van der Waals surface area contributed by atoms with Gasteiger partial charge in [0.15, 0.2) is 0 Å².